The normalized spacial score (nSPS) is 16.3. The van der Waals surface area contributed by atoms with Crippen molar-refractivity contribution in [3.8, 4) is 0 Å². The molecule has 0 spiro atoms. The fraction of sp³-hybridized carbons (Fsp3) is 0.538. The summed E-state index contributed by atoms with van der Waals surface area (Å²) in [5.74, 6) is -0.820. The molecule has 0 saturated heterocycles. The van der Waals surface area contributed by atoms with Crippen molar-refractivity contribution in [3.05, 3.63) is 35.1 Å². The summed E-state index contributed by atoms with van der Waals surface area (Å²) in [5.41, 5.74) is 3.50. The van der Waals surface area contributed by atoms with Gasteiger partial charge in [0.1, 0.15) is 5.82 Å². The van der Waals surface area contributed by atoms with E-state index in [-0.39, 0.29) is 0 Å². The molecule has 19 heavy (non-hydrogen) atoms. The molecule has 3 N–H and O–H groups in total. The zero-order chi connectivity index (χ0) is 15.0. The molecule has 0 aliphatic heterocycles. The maximum absolute atomic E-state index is 13.2. The topological polar surface area (TPSA) is 46.2 Å². The first-order valence-electron chi connectivity index (χ1n) is 5.75. The molecule has 1 aromatic carbocycles. The summed E-state index contributed by atoms with van der Waals surface area (Å²) < 4.78 is 51.7. The van der Waals surface area contributed by atoms with Gasteiger partial charge in [0.25, 0.3) is 0 Å². The number of hydrogen-bond donors (Lipinski definition) is 2. The summed E-state index contributed by atoms with van der Waals surface area (Å²) in [7, 11) is 0. The number of alkyl halides is 3. The molecule has 0 bridgehead atoms. The van der Waals surface area contributed by atoms with Crippen molar-refractivity contribution in [2.45, 2.75) is 39.1 Å². The zero-order valence-electron chi connectivity index (χ0n) is 10.9. The second-order valence-electron chi connectivity index (χ2n) is 5.57. The second kappa shape index (κ2) is 5.09. The van der Waals surface area contributed by atoms with Crippen molar-refractivity contribution in [3.63, 3.8) is 0 Å². The Hall–Kier alpha value is -1.14. The zero-order valence-corrected chi connectivity index (χ0v) is 10.9. The minimum Gasteiger partial charge on any atom is -0.391 e. The van der Waals surface area contributed by atoms with Gasteiger partial charge in [0.05, 0.1) is 17.7 Å². The summed E-state index contributed by atoms with van der Waals surface area (Å²) in [6.07, 6.45) is -5.87. The van der Waals surface area contributed by atoms with Crippen LogP contribution in [-0.2, 0) is 6.18 Å². The predicted octanol–water partition coefficient (Wildman–Crippen LogP) is 3.25. The molecule has 0 radical (unpaired) electrons. The third-order valence-electron chi connectivity index (χ3n) is 2.91. The van der Waals surface area contributed by atoms with E-state index in [1.807, 2.05) is 0 Å². The Morgan fingerprint density at radius 1 is 1.16 bits per heavy atom. The Balaban J connectivity index is 3.29. The quantitative estimate of drug-likeness (QED) is 0.816. The number of aliphatic hydroxyl groups excluding tert-OH is 1. The van der Waals surface area contributed by atoms with Crippen LogP contribution in [0.2, 0.25) is 0 Å². The number of halogens is 4. The Kier molecular flexibility index (Phi) is 4.27. The van der Waals surface area contributed by atoms with Gasteiger partial charge in [0, 0.05) is 0 Å². The summed E-state index contributed by atoms with van der Waals surface area (Å²) in [4.78, 5) is 0. The molecule has 2 atom stereocenters. The van der Waals surface area contributed by atoms with Gasteiger partial charge >= 0.3 is 6.18 Å². The van der Waals surface area contributed by atoms with Gasteiger partial charge in [-0.2, -0.15) is 13.2 Å². The van der Waals surface area contributed by atoms with Gasteiger partial charge in [-0.05, 0) is 29.2 Å². The first kappa shape index (κ1) is 15.9. The molecule has 0 aliphatic rings. The van der Waals surface area contributed by atoms with Crippen LogP contribution < -0.4 is 5.73 Å². The van der Waals surface area contributed by atoms with E-state index in [9.17, 15) is 22.7 Å². The summed E-state index contributed by atoms with van der Waals surface area (Å²) in [6, 6.07) is 0.776. The van der Waals surface area contributed by atoms with Crippen LogP contribution in [0.25, 0.3) is 0 Å². The molecular formula is C13H17F4NO. The molecule has 1 rings (SSSR count). The third kappa shape index (κ3) is 3.67. The average molecular weight is 279 g/mol. The molecule has 6 heteroatoms. The molecule has 0 aromatic heterocycles. The van der Waals surface area contributed by atoms with Crippen molar-refractivity contribution in [1.29, 1.82) is 0 Å². The minimum atomic E-state index is -4.64. The lowest BCUT2D eigenvalue weighted by molar-refractivity contribution is -0.138. The lowest BCUT2D eigenvalue weighted by Gasteiger charge is -2.32. The molecule has 0 unspecified atom stereocenters. The highest BCUT2D eigenvalue weighted by Gasteiger charge is 2.38. The van der Waals surface area contributed by atoms with Crippen LogP contribution in [0.3, 0.4) is 0 Å². The SMILES string of the molecule is CC(C)(C)[C@H](O)[C@H](N)c1cc(F)ccc1C(F)(F)F. The Morgan fingerprint density at radius 3 is 2.11 bits per heavy atom. The van der Waals surface area contributed by atoms with Crippen LogP contribution in [0, 0.1) is 11.2 Å². The highest BCUT2D eigenvalue weighted by atomic mass is 19.4. The number of rotatable bonds is 2. The lowest BCUT2D eigenvalue weighted by Crippen LogP contribution is -2.38. The summed E-state index contributed by atoms with van der Waals surface area (Å²) in [5, 5.41) is 9.97. The van der Waals surface area contributed by atoms with Crippen molar-refractivity contribution < 1.29 is 22.7 Å². The summed E-state index contributed by atoms with van der Waals surface area (Å²) in [6.45, 7) is 4.93. The van der Waals surface area contributed by atoms with Crippen molar-refractivity contribution in [2.24, 2.45) is 11.1 Å². The minimum absolute atomic E-state index is 0.435. The largest absolute Gasteiger partial charge is 0.416 e. The fourth-order valence-corrected chi connectivity index (χ4v) is 1.78. The third-order valence-corrected chi connectivity index (χ3v) is 2.91. The van der Waals surface area contributed by atoms with Gasteiger partial charge in [-0.25, -0.2) is 4.39 Å². The van der Waals surface area contributed by atoms with E-state index >= 15 is 0 Å². The monoisotopic (exact) mass is 279 g/mol. The van der Waals surface area contributed by atoms with Crippen molar-refractivity contribution in [1.82, 2.24) is 0 Å². The molecule has 0 heterocycles. The maximum atomic E-state index is 13.2. The fourth-order valence-electron chi connectivity index (χ4n) is 1.78. The van der Waals surface area contributed by atoms with Gasteiger partial charge in [0.15, 0.2) is 0 Å². The number of hydrogen-bond acceptors (Lipinski definition) is 2. The average Bonchev–Trinajstić information content (AvgIpc) is 2.24. The molecule has 0 amide bonds. The standard InChI is InChI=1S/C13H17F4NO/c1-12(2,3)11(19)10(18)8-6-7(14)4-5-9(8)13(15,16)17/h4-6,10-11,19H,18H2,1-3H3/t10-,11-/m1/s1. The van der Waals surface area contributed by atoms with Crippen LogP contribution in [0.15, 0.2) is 18.2 Å². The van der Waals surface area contributed by atoms with E-state index in [2.05, 4.69) is 0 Å². The van der Waals surface area contributed by atoms with Gasteiger partial charge < -0.3 is 10.8 Å². The summed E-state index contributed by atoms with van der Waals surface area (Å²) >= 11 is 0. The molecule has 0 saturated carbocycles. The van der Waals surface area contributed by atoms with Gasteiger partial charge in [-0.1, -0.05) is 20.8 Å². The lowest BCUT2D eigenvalue weighted by atomic mass is 9.81. The first-order valence-corrected chi connectivity index (χ1v) is 5.75. The van der Waals surface area contributed by atoms with E-state index in [1.165, 1.54) is 0 Å². The van der Waals surface area contributed by atoms with E-state index in [1.54, 1.807) is 20.8 Å². The van der Waals surface area contributed by atoms with Crippen LogP contribution in [-0.4, -0.2) is 11.2 Å². The maximum Gasteiger partial charge on any atom is 0.416 e. The van der Waals surface area contributed by atoms with Gasteiger partial charge in [-0.3, -0.25) is 0 Å². The molecule has 2 nitrogen and oxygen atoms in total. The van der Waals surface area contributed by atoms with E-state index in [0.717, 1.165) is 12.1 Å². The molecular weight excluding hydrogens is 262 g/mol. The van der Waals surface area contributed by atoms with Crippen LogP contribution in [0.5, 0.6) is 0 Å². The van der Waals surface area contributed by atoms with E-state index < -0.39 is 40.7 Å². The van der Waals surface area contributed by atoms with E-state index in [4.69, 9.17) is 5.73 Å². The van der Waals surface area contributed by atoms with Gasteiger partial charge in [0.2, 0.25) is 0 Å². The highest BCUT2D eigenvalue weighted by molar-refractivity contribution is 5.33. The Bertz CT molecular complexity index is 451. The van der Waals surface area contributed by atoms with Crippen LogP contribution >= 0.6 is 0 Å². The van der Waals surface area contributed by atoms with Crippen LogP contribution in [0.1, 0.15) is 37.9 Å². The smallest absolute Gasteiger partial charge is 0.391 e. The Labute approximate surface area is 109 Å². The first-order chi connectivity index (χ1) is 8.44. The number of aliphatic hydroxyl groups is 1. The molecule has 1 aromatic rings. The van der Waals surface area contributed by atoms with Crippen LogP contribution in [0.4, 0.5) is 17.6 Å². The van der Waals surface area contributed by atoms with Crippen molar-refractivity contribution >= 4 is 0 Å². The molecule has 0 aliphatic carbocycles. The van der Waals surface area contributed by atoms with Crippen molar-refractivity contribution in [2.75, 3.05) is 0 Å². The highest BCUT2D eigenvalue weighted by Crippen LogP contribution is 2.37. The molecule has 0 fully saturated rings. The molecule has 108 valence electrons. The number of benzene rings is 1. The number of nitrogens with two attached hydrogens (primary N) is 1. The predicted molar refractivity (Wildman–Crippen MR) is 63.8 cm³/mol. The Morgan fingerprint density at radius 2 is 1.68 bits per heavy atom. The van der Waals surface area contributed by atoms with Gasteiger partial charge in [-0.15, -0.1) is 0 Å². The second-order valence-corrected chi connectivity index (χ2v) is 5.57. The van der Waals surface area contributed by atoms with E-state index in [0.29, 0.717) is 6.07 Å².